The van der Waals surface area contributed by atoms with Crippen LogP contribution in [0.3, 0.4) is 0 Å². The van der Waals surface area contributed by atoms with Gasteiger partial charge in [0.15, 0.2) is 22.6 Å². The van der Waals surface area contributed by atoms with Crippen molar-refractivity contribution in [1.29, 1.82) is 0 Å². The molecule has 0 bridgehead atoms. The van der Waals surface area contributed by atoms with E-state index in [0.29, 0.717) is 21.8 Å². The van der Waals surface area contributed by atoms with Gasteiger partial charge in [-0.2, -0.15) is 4.98 Å². The maximum Gasteiger partial charge on any atom is 0.410 e. The first-order chi connectivity index (χ1) is 35.4. The summed E-state index contributed by atoms with van der Waals surface area (Å²) >= 11 is 0. The second kappa shape index (κ2) is 21.5. The van der Waals surface area contributed by atoms with Crippen LogP contribution < -0.4 is 33.0 Å². The molecule has 0 saturated carbocycles. The number of nitrogen functional groups attached to an aromatic ring is 1. The number of ketones is 2. The number of hydrogen-bond donors (Lipinski definition) is 8. The minimum Gasteiger partial charge on any atom is -0.492 e. The lowest BCUT2D eigenvalue weighted by atomic mass is 9.83. The molecule has 388 valence electrons. The number of carbonyl (C=O) groups is 8. The number of primary amides is 1. The number of H-pyrrole nitrogens is 1. The number of methoxy groups -OCH3 is 2. The van der Waals surface area contributed by atoms with Crippen molar-refractivity contribution in [2.24, 2.45) is 11.7 Å². The number of carboxylic acid groups (broad SMARTS) is 2. The molecule has 26 nitrogen and oxygen atoms in total. The summed E-state index contributed by atoms with van der Waals surface area (Å²) in [5.74, 6) is -6.52. The van der Waals surface area contributed by atoms with Crippen molar-refractivity contribution in [2.75, 3.05) is 44.2 Å². The molecule has 0 spiro atoms. The van der Waals surface area contributed by atoms with Crippen LogP contribution in [0.5, 0.6) is 0 Å². The third-order valence-corrected chi connectivity index (χ3v) is 15.1. The van der Waals surface area contributed by atoms with Crippen molar-refractivity contribution in [2.45, 2.75) is 67.7 Å². The number of anilines is 2. The summed E-state index contributed by atoms with van der Waals surface area (Å²) < 4.78 is 22.1. The van der Waals surface area contributed by atoms with Crippen LogP contribution in [0, 0.1) is 5.92 Å². The van der Waals surface area contributed by atoms with Gasteiger partial charge in [-0.3, -0.25) is 33.9 Å². The van der Waals surface area contributed by atoms with Gasteiger partial charge in [-0.15, -0.1) is 0 Å². The summed E-state index contributed by atoms with van der Waals surface area (Å²) in [6, 6.07) is 8.95. The fourth-order valence-corrected chi connectivity index (χ4v) is 11.3. The maximum absolute atomic E-state index is 13.7. The monoisotopic (exact) mass is 1060 g/mol. The number of allylic oxidation sites excluding steroid dienone is 2. The maximum atomic E-state index is 13.7. The average molecular weight is 1060 g/mol. The van der Waals surface area contributed by atoms with Gasteiger partial charge in [0.25, 0.3) is 11.5 Å². The van der Waals surface area contributed by atoms with Crippen LogP contribution in [0.4, 0.5) is 21.2 Å². The van der Waals surface area contributed by atoms with Crippen LogP contribution in [-0.4, -0.2) is 150 Å². The molecule has 2 fully saturated rings. The van der Waals surface area contributed by atoms with E-state index in [1.165, 1.54) is 55.2 Å². The molecule has 4 aliphatic rings. The Morgan fingerprint density at radius 1 is 0.946 bits per heavy atom. The smallest absolute Gasteiger partial charge is 0.410 e. The Morgan fingerprint density at radius 3 is 2.32 bits per heavy atom. The first-order valence-corrected chi connectivity index (χ1v) is 24.8. The molecule has 4 aromatic rings. The van der Waals surface area contributed by atoms with Crippen molar-refractivity contribution < 1.29 is 67.5 Å². The number of fused-ring (bicyclic) bond motifs is 5. The van der Waals surface area contributed by atoms with Gasteiger partial charge in [-0.1, -0.05) is 33.7 Å². The number of aromatic amines is 1. The first-order valence-electron chi connectivity index (χ1n) is 22.4. The SMILES string of the molecule is COC1=C(C)C(=O)C2=C(C1=O)[C@@H](COC(N)=O)[C@@]1(OC)[C@@H]3[C@H](CN21)N3C(=O)OCc1ccc(SSC[C@H](NC(=O)CC[C@H](NC(=O)c2ccc(NCc3cnc4nc(N)[nH]c(=O)c4n3)cc2)C(=O)O)C(=O)O)cc1. The number of aliphatic carboxylic acids is 2. The lowest BCUT2D eigenvalue weighted by Crippen LogP contribution is -2.56. The third-order valence-electron chi connectivity index (χ3n) is 12.7. The highest BCUT2D eigenvalue weighted by Crippen LogP contribution is 2.60. The van der Waals surface area contributed by atoms with E-state index < -0.39 is 102 Å². The highest BCUT2D eigenvalue weighted by molar-refractivity contribution is 8.76. The van der Waals surface area contributed by atoms with Gasteiger partial charge in [-0.05, 0) is 55.3 Å². The number of hydrogen-bond acceptors (Lipinski definition) is 21. The average Bonchev–Trinajstić information content (AvgIpc) is 3.88. The van der Waals surface area contributed by atoms with E-state index >= 15 is 0 Å². The molecule has 2 saturated heterocycles. The van der Waals surface area contributed by atoms with Crippen LogP contribution in [0.2, 0.25) is 0 Å². The van der Waals surface area contributed by atoms with Crippen LogP contribution in [0.15, 0.2) is 87.0 Å². The number of benzene rings is 2. The molecule has 8 rings (SSSR count). The number of piperazine rings is 1. The first kappa shape index (κ1) is 52.1. The van der Waals surface area contributed by atoms with Crippen molar-refractivity contribution in [3.8, 4) is 0 Å². The van der Waals surface area contributed by atoms with Crippen LogP contribution in [-0.2, 0) is 56.1 Å². The number of carboxylic acids is 2. The molecule has 4 amide bonds. The van der Waals surface area contributed by atoms with Gasteiger partial charge < -0.3 is 61.5 Å². The Balaban J connectivity index is 0.771. The fraction of sp³-hybridized carbons (Fsp3) is 0.348. The largest absolute Gasteiger partial charge is 0.492 e. The van der Waals surface area contributed by atoms with Crippen molar-refractivity contribution >= 4 is 91.9 Å². The minimum absolute atomic E-state index is 0.0124. The number of nitrogens with two attached hydrogens (primary N) is 2. The molecule has 2 aromatic heterocycles. The van der Waals surface area contributed by atoms with E-state index in [-0.39, 0.29) is 77.1 Å². The van der Waals surface area contributed by atoms with E-state index in [4.69, 9.17) is 30.4 Å². The standard InChI is InChI=1S/C46H47N11O15S2/c1-20-34(59)33-31(35(60)36(20)69-2)26(18-71-44(48)67)46(70-3)37-29(16-56(33)46)57(37)45(68)72-17-21-4-10-25(11-5-21)74-73-19-28(42(65)66)52-30(58)13-12-27(41(63)64)53-39(61)22-6-8-23(9-7-22)49-14-24-15-50-38-32(51-24)40(62)55-43(47)54-38/h4-11,15,26-29,37,49H,12-14,16-19H2,1-3H3,(H2,48,67)(H,52,58)(H,53,61)(H,63,64)(H,65,66)(H3,47,50,54,55,62)/t26-,27+,28+,29+,37+,46-,57?/m1/s1. The highest BCUT2D eigenvalue weighted by Gasteiger charge is 2.78. The van der Waals surface area contributed by atoms with Gasteiger partial charge in [0.1, 0.15) is 31.3 Å². The number of aromatic nitrogens is 4. The number of nitrogens with one attached hydrogen (secondary N) is 4. The molecule has 1 aliphatic carbocycles. The summed E-state index contributed by atoms with van der Waals surface area (Å²) in [4.78, 5) is 133. The Hall–Kier alpha value is -8.24. The van der Waals surface area contributed by atoms with Gasteiger partial charge in [0.2, 0.25) is 23.4 Å². The lowest BCUT2D eigenvalue weighted by molar-refractivity contribution is -0.144. The topological polar surface area (TPSA) is 380 Å². The number of ether oxygens (including phenoxy) is 4. The van der Waals surface area contributed by atoms with Gasteiger partial charge in [0.05, 0.1) is 43.2 Å². The quantitative estimate of drug-likeness (QED) is 0.0331. The predicted octanol–water partition coefficient (Wildman–Crippen LogP) is 1.28. The van der Waals surface area contributed by atoms with Gasteiger partial charge in [0, 0.05) is 53.1 Å². The number of carbonyl (C=O) groups excluding carboxylic acids is 6. The molecule has 2 aromatic carbocycles. The van der Waals surface area contributed by atoms with E-state index in [1.807, 2.05) is 0 Å². The lowest BCUT2D eigenvalue weighted by Gasteiger charge is -2.40. The molecule has 0 unspecified atom stereocenters. The van der Waals surface area contributed by atoms with Crippen molar-refractivity contribution in [1.82, 2.24) is 40.4 Å². The van der Waals surface area contributed by atoms with Gasteiger partial charge in [-0.25, -0.2) is 29.1 Å². The van der Waals surface area contributed by atoms with Crippen LogP contribution in [0.1, 0.15) is 41.4 Å². The number of rotatable bonds is 21. The zero-order valence-corrected chi connectivity index (χ0v) is 41.1. The predicted molar refractivity (Wildman–Crippen MR) is 260 cm³/mol. The van der Waals surface area contributed by atoms with E-state index in [2.05, 4.69) is 35.9 Å². The third kappa shape index (κ3) is 10.4. The second-order valence-corrected chi connectivity index (χ2v) is 19.5. The van der Waals surface area contributed by atoms with E-state index in [9.17, 15) is 53.4 Å². The second-order valence-electron chi connectivity index (χ2n) is 17.1. The zero-order valence-electron chi connectivity index (χ0n) is 39.4. The normalized spacial score (nSPS) is 20.3. The summed E-state index contributed by atoms with van der Waals surface area (Å²) in [6.07, 6.45) is -1.11. The molecular weight excluding hydrogens is 1010 g/mol. The Morgan fingerprint density at radius 2 is 1.66 bits per heavy atom. The van der Waals surface area contributed by atoms with Crippen LogP contribution in [0.25, 0.3) is 11.2 Å². The van der Waals surface area contributed by atoms with E-state index in [0.717, 1.165) is 10.8 Å². The zero-order chi connectivity index (χ0) is 53.2. The summed E-state index contributed by atoms with van der Waals surface area (Å²) in [7, 11) is 5.00. The van der Waals surface area contributed by atoms with E-state index in [1.54, 1.807) is 41.3 Å². The number of Topliss-reactive ketones (excluding diaryl/α,β-unsaturated/α-hetero) is 2. The molecule has 5 heterocycles. The Kier molecular flexibility index (Phi) is 15.1. The molecule has 3 aliphatic heterocycles. The highest BCUT2D eigenvalue weighted by atomic mass is 33.1. The van der Waals surface area contributed by atoms with Gasteiger partial charge >= 0.3 is 24.1 Å². The van der Waals surface area contributed by atoms with Crippen molar-refractivity contribution in [3.05, 3.63) is 105 Å². The van der Waals surface area contributed by atoms with Crippen LogP contribution >= 0.6 is 21.6 Å². The summed E-state index contributed by atoms with van der Waals surface area (Å²) in [5, 5.41) is 27.5. The fourth-order valence-electron chi connectivity index (χ4n) is 9.16. The summed E-state index contributed by atoms with van der Waals surface area (Å²) in [5.41, 5.74) is 10.9. The molecule has 10 N–H and O–H groups in total. The Labute approximate surface area is 426 Å². The van der Waals surface area contributed by atoms with Crippen molar-refractivity contribution in [3.63, 3.8) is 0 Å². The molecule has 0 radical (unpaired) electrons. The minimum atomic E-state index is -1.47. The molecule has 74 heavy (non-hydrogen) atoms. The summed E-state index contributed by atoms with van der Waals surface area (Å²) in [6.45, 7) is 1.22. The number of nitrogens with zero attached hydrogens (tertiary/aromatic N) is 5. The molecular formula is C46H47N11O15S2. The number of amides is 4. The Bertz CT molecular complexity index is 3100. The molecule has 6 atom stereocenters. The molecule has 28 heteroatoms.